The van der Waals surface area contributed by atoms with Crippen molar-refractivity contribution in [2.75, 3.05) is 12.4 Å². The van der Waals surface area contributed by atoms with Crippen molar-refractivity contribution in [2.45, 2.75) is 36.2 Å². The Hall–Kier alpha value is -1.96. The number of halogens is 1. The van der Waals surface area contributed by atoms with Crippen LogP contribution in [0.5, 0.6) is 0 Å². The summed E-state index contributed by atoms with van der Waals surface area (Å²) < 4.78 is 37.8. The standard InChI is InChI=1S/C15H20FN3O3S/c1-14(11-8-10(19-9-20)4-5-12(11)16)6-7-15(2,13(17)18-3)23(14,21)22/h4-5,8-9H,6-7H2,1-3H3,(H2,17,18)(H,19,20)/t14-,15+/m1/s1. The summed E-state index contributed by atoms with van der Waals surface area (Å²) in [6.07, 6.45) is 0.914. The minimum Gasteiger partial charge on any atom is -0.386 e. The summed E-state index contributed by atoms with van der Waals surface area (Å²) in [5, 5.41) is 2.41. The molecule has 1 fully saturated rings. The average Bonchev–Trinajstić information content (AvgIpc) is 2.70. The molecule has 1 amide bonds. The smallest absolute Gasteiger partial charge is 0.211 e. The number of nitrogens with one attached hydrogen (secondary N) is 1. The Morgan fingerprint density at radius 2 is 2.04 bits per heavy atom. The highest BCUT2D eigenvalue weighted by Gasteiger charge is 2.60. The Kier molecular flexibility index (Phi) is 4.23. The zero-order valence-corrected chi connectivity index (χ0v) is 14.1. The third-order valence-electron chi connectivity index (χ3n) is 4.81. The Morgan fingerprint density at radius 3 is 2.61 bits per heavy atom. The number of benzene rings is 1. The molecule has 1 aromatic rings. The van der Waals surface area contributed by atoms with E-state index in [9.17, 15) is 17.6 Å². The number of nitrogens with two attached hydrogens (primary N) is 1. The maximum Gasteiger partial charge on any atom is 0.211 e. The van der Waals surface area contributed by atoms with Crippen molar-refractivity contribution in [3.63, 3.8) is 0 Å². The number of carbonyl (C=O) groups is 1. The van der Waals surface area contributed by atoms with Crippen molar-refractivity contribution in [2.24, 2.45) is 10.7 Å². The molecule has 1 saturated heterocycles. The van der Waals surface area contributed by atoms with Gasteiger partial charge in [0.05, 0.1) is 4.75 Å². The van der Waals surface area contributed by atoms with Crippen LogP contribution >= 0.6 is 0 Å². The van der Waals surface area contributed by atoms with Gasteiger partial charge in [0, 0.05) is 18.3 Å². The van der Waals surface area contributed by atoms with Gasteiger partial charge >= 0.3 is 0 Å². The lowest BCUT2D eigenvalue weighted by Crippen LogP contribution is -2.48. The molecule has 2 atom stereocenters. The molecule has 3 N–H and O–H groups in total. The van der Waals surface area contributed by atoms with Crippen LogP contribution in [0, 0.1) is 5.82 Å². The van der Waals surface area contributed by atoms with Gasteiger partial charge in [0.1, 0.15) is 16.4 Å². The van der Waals surface area contributed by atoms with Crippen molar-refractivity contribution >= 4 is 27.8 Å². The molecule has 1 aliphatic rings. The van der Waals surface area contributed by atoms with Crippen LogP contribution in [0.15, 0.2) is 23.2 Å². The first kappa shape index (κ1) is 17.4. The van der Waals surface area contributed by atoms with E-state index in [1.54, 1.807) is 0 Å². The minimum absolute atomic E-state index is 0.0174. The first-order chi connectivity index (χ1) is 10.6. The Morgan fingerprint density at radius 1 is 1.39 bits per heavy atom. The molecule has 0 aliphatic carbocycles. The molecule has 0 spiro atoms. The lowest BCUT2D eigenvalue weighted by Gasteiger charge is -2.30. The van der Waals surface area contributed by atoms with E-state index >= 15 is 0 Å². The summed E-state index contributed by atoms with van der Waals surface area (Å²) in [7, 11) is -2.43. The zero-order valence-electron chi connectivity index (χ0n) is 13.3. The molecule has 0 unspecified atom stereocenters. The SMILES string of the molecule is CN=C(N)[C@]1(C)CC[C@](C)(c2cc(NC=O)ccc2F)S1(=O)=O. The van der Waals surface area contributed by atoms with Gasteiger partial charge < -0.3 is 11.1 Å². The van der Waals surface area contributed by atoms with Gasteiger partial charge in [0.25, 0.3) is 0 Å². The highest BCUT2D eigenvalue weighted by Crippen LogP contribution is 2.51. The van der Waals surface area contributed by atoms with Crippen molar-refractivity contribution < 1.29 is 17.6 Å². The quantitative estimate of drug-likeness (QED) is 0.493. The number of sulfone groups is 1. The summed E-state index contributed by atoms with van der Waals surface area (Å²) in [6.45, 7) is 3.00. The van der Waals surface area contributed by atoms with E-state index in [1.165, 1.54) is 33.0 Å². The lowest BCUT2D eigenvalue weighted by atomic mass is 9.91. The summed E-state index contributed by atoms with van der Waals surface area (Å²) in [5.74, 6) is -0.618. The van der Waals surface area contributed by atoms with Crippen LogP contribution in [0.1, 0.15) is 32.3 Å². The molecule has 8 heteroatoms. The predicted octanol–water partition coefficient (Wildman–Crippen LogP) is 1.56. The number of amides is 1. The van der Waals surface area contributed by atoms with Crippen LogP contribution in [0.3, 0.4) is 0 Å². The predicted molar refractivity (Wildman–Crippen MR) is 87.5 cm³/mol. The van der Waals surface area contributed by atoms with Crippen molar-refractivity contribution in [3.8, 4) is 0 Å². The summed E-state index contributed by atoms with van der Waals surface area (Å²) in [6, 6.07) is 3.88. The van der Waals surface area contributed by atoms with E-state index in [0.29, 0.717) is 12.1 Å². The van der Waals surface area contributed by atoms with E-state index < -0.39 is 25.1 Å². The molecule has 126 valence electrons. The van der Waals surface area contributed by atoms with Gasteiger partial charge in [-0.3, -0.25) is 9.79 Å². The van der Waals surface area contributed by atoms with Crippen LogP contribution in [-0.2, 0) is 19.4 Å². The molecule has 2 rings (SSSR count). The number of rotatable bonds is 4. The second kappa shape index (κ2) is 5.59. The molecule has 0 aromatic heterocycles. The third kappa shape index (κ3) is 2.32. The van der Waals surface area contributed by atoms with Crippen LogP contribution in [0.2, 0.25) is 0 Å². The Labute approximate surface area is 134 Å². The van der Waals surface area contributed by atoms with Gasteiger partial charge in [-0.05, 0) is 44.9 Å². The fourth-order valence-electron chi connectivity index (χ4n) is 3.11. The molecular weight excluding hydrogens is 321 g/mol. The molecular formula is C15H20FN3O3S. The molecule has 0 saturated carbocycles. The van der Waals surface area contributed by atoms with E-state index in [0.717, 1.165) is 6.07 Å². The van der Waals surface area contributed by atoms with E-state index in [-0.39, 0.29) is 24.2 Å². The van der Waals surface area contributed by atoms with Gasteiger partial charge in [-0.1, -0.05) is 0 Å². The van der Waals surface area contributed by atoms with Crippen molar-refractivity contribution in [1.29, 1.82) is 0 Å². The monoisotopic (exact) mass is 341 g/mol. The van der Waals surface area contributed by atoms with Gasteiger partial charge in [0.2, 0.25) is 6.41 Å². The third-order valence-corrected chi connectivity index (χ3v) is 8.02. The normalized spacial score (nSPS) is 30.2. The van der Waals surface area contributed by atoms with E-state index in [2.05, 4.69) is 10.3 Å². The highest BCUT2D eigenvalue weighted by atomic mass is 32.2. The number of hydrogen-bond donors (Lipinski definition) is 2. The Balaban J connectivity index is 2.65. The summed E-state index contributed by atoms with van der Waals surface area (Å²) in [5.41, 5.74) is 6.18. The fourth-order valence-corrected chi connectivity index (χ4v) is 5.66. The zero-order chi connectivity index (χ0) is 17.5. The highest BCUT2D eigenvalue weighted by molar-refractivity contribution is 7.94. The van der Waals surface area contributed by atoms with Crippen molar-refractivity contribution in [1.82, 2.24) is 0 Å². The number of carbonyl (C=O) groups excluding carboxylic acids is 1. The molecule has 0 bridgehead atoms. The molecule has 1 aliphatic heterocycles. The number of hydrogen-bond acceptors (Lipinski definition) is 4. The van der Waals surface area contributed by atoms with Gasteiger partial charge in [-0.15, -0.1) is 0 Å². The Bertz CT molecular complexity index is 778. The summed E-state index contributed by atoms with van der Waals surface area (Å²) in [4.78, 5) is 14.4. The minimum atomic E-state index is -3.86. The van der Waals surface area contributed by atoms with Crippen molar-refractivity contribution in [3.05, 3.63) is 29.6 Å². The van der Waals surface area contributed by atoms with E-state index in [4.69, 9.17) is 5.73 Å². The van der Waals surface area contributed by atoms with Crippen LogP contribution in [0.25, 0.3) is 0 Å². The average molecular weight is 341 g/mol. The molecule has 1 aromatic carbocycles. The number of anilines is 1. The first-order valence-electron chi connectivity index (χ1n) is 7.11. The fraction of sp³-hybridized carbons (Fsp3) is 0.467. The second-order valence-corrected chi connectivity index (χ2v) is 8.84. The molecule has 6 nitrogen and oxygen atoms in total. The van der Waals surface area contributed by atoms with E-state index in [1.807, 2.05) is 0 Å². The van der Waals surface area contributed by atoms with Gasteiger partial charge in [0.15, 0.2) is 9.84 Å². The number of nitrogens with zero attached hydrogens (tertiary/aromatic N) is 1. The maximum absolute atomic E-state index is 14.3. The van der Waals surface area contributed by atoms with Gasteiger partial charge in [-0.2, -0.15) is 0 Å². The van der Waals surface area contributed by atoms with Crippen LogP contribution < -0.4 is 11.1 Å². The number of amidine groups is 1. The molecule has 23 heavy (non-hydrogen) atoms. The number of aliphatic imine (C=N–C) groups is 1. The second-order valence-electron chi connectivity index (χ2n) is 6.03. The molecule has 0 radical (unpaired) electrons. The molecule has 1 heterocycles. The van der Waals surface area contributed by atoms with Gasteiger partial charge in [-0.25, -0.2) is 12.8 Å². The largest absolute Gasteiger partial charge is 0.386 e. The van der Waals surface area contributed by atoms with Crippen LogP contribution in [-0.4, -0.2) is 32.5 Å². The topological polar surface area (TPSA) is 102 Å². The lowest BCUT2D eigenvalue weighted by molar-refractivity contribution is -0.105. The first-order valence-corrected chi connectivity index (χ1v) is 8.59. The maximum atomic E-state index is 14.3. The van der Waals surface area contributed by atoms with Crippen LogP contribution in [0.4, 0.5) is 10.1 Å². The summed E-state index contributed by atoms with van der Waals surface area (Å²) >= 11 is 0.